The van der Waals surface area contributed by atoms with Gasteiger partial charge in [0.05, 0.1) is 24.4 Å². The molecule has 2 amide bonds. The van der Waals surface area contributed by atoms with Crippen LogP contribution >= 0.6 is 11.8 Å². The first-order valence-electron chi connectivity index (χ1n) is 15.7. The third-order valence-corrected chi connectivity index (χ3v) is 9.14. The molecular weight excluding hydrogens is 642 g/mol. The summed E-state index contributed by atoms with van der Waals surface area (Å²) in [6.07, 6.45) is 0.188. The fraction of sp³-hybridized carbons (Fsp3) is 0.184. The Balaban J connectivity index is 1.12. The molecule has 1 fully saturated rings. The molecular formula is C38H35N3O7S. The van der Waals surface area contributed by atoms with Gasteiger partial charge in [-0.2, -0.15) is 0 Å². The number of urea groups is 1. The summed E-state index contributed by atoms with van der Waals surface area (Å²) in [6, 6.07) is 34.1. The SMILES string of the molecule is C[C@H]1[C@@H](CSc2ncccc2C(=O)O)O[C@@H](c2ccc(NC(=O)Nc3ccc(Oc4ccccc4)cc3)cc2)O[C@H]1c1ccc(CO)cc1. The number of benzene rings is 4. The van der Waals surface area contributed by atoms with Crippen molar-refractivity contribution in [2.45, 2.75) is 37.1 Å². The topological polar surface area (TPSA) is 139 Å². The summed E-state index contributed by atoms with van der Waals surface area (Å²) in [7, 11) is 0. The maximum absolute atomic E-state index is 12.8. The van der Waals surface area contributed by atoms with Gasteiger partial charge in [-0.3, -0.25) is 0 Å². The van der Waals surface area contributed by atoms with Gasteiger partial charge < -0.3 is 35.1 Å². The molecule has 0 spiro atoms. The lowest BCUT2D eigenvalue weighted by Gasteiger charge is -2.41. The van der Waals surface area contributed by atoms with Crippen LogP contribution in [-0.4, -0.2) is 39.1 Å². The molecule has 49 heavy (non-hydrogen) atoms. The number of rotatable bonds is 11. The molecule has 5 aromatic rings. The Hall–Kier alpha value is -5.20. The van der Waals surface area contributed by atoms with E-state index < -0.39 is 18.3 Å². The van der Waals surface area contributed by atoms with Crippen molar-refractivity contribution in [1.82, 2.24) is 4.98 Å². The zero-order chi connectivity index (χ0) is 34.2. The van der Waals surface area contributed by atoms with Crippen LogP contribution in [0, 0.1) is 5.92 Å². The number of aromatic carboxylic acids is 1. The number of ether oxygens (including phenoxy) is 3. The lowest BCUT2D eigenvalue weighted by molar-refractivity contribution is -0.268. The molecule has 0 saturated carbocycles. The van der Waals surface area contributed by atoms with Crippen LogP contribution in [0.15, 0.2) is 126 Å². The number of para-hydroxylation sites is 1. The summed E-state index contributed by atoms with van der Waals surface area (Å²) in [4.78, 5) is 28.8. The second-order valence-corrected chi connectivity index (χ2v) is 12.4. The first-order valence-corrected chi connectivity index (χ1v) is 16.7. The minimum atomic E-state index is -1.04. The number of anilines is 2. The molecule has 4 atom stereocenters. The van der Waals surface area contributed by atoms with E-state index in [2.05, 4.69) is 15.6 Å². The molecule has 4 aromatic carbocycles. The fourth-order valence-corrected chi connectivity index (χ4v) is 6.54. The number of aliphatic hydroxyl groups is 1. The van der Waals surface area contributed by atoms with E-state index in [0.717, 1.165) is 22.4 Å². The number of aliphatic hydroxyl groups excluding tert-OH is 1. The van der Waals surface area contributed by atoms with E-state index in [9.17, 15) is 19.8 Å². The molecule has 4 N–H and O–H groups in total. The number of carbonyl (C=O) groups excluding carboxylic acids is 1. The van der Waals surface area contributed by atoms with E-state index in [1.54, 1.807) is 48.7 Å². The standard InChI is InChI=1S/C38H35N3O7S/c1-24-33(23-49-35-32(36(43)44)8-5-21-39-35)47-37(48-34(24)26-11-9-25(22-42)10-12-26)27-13-15-28(16-14-27)40-38(45)41-29-17-19-31(20-18-29)46-30-6-3-2-4-7-30/h2-21,24,33-34,37,42H,22-23H2,1H3,(H,43,44)(H2,40,41,45)/t24-,33+,34+,37+/m0/s1. The highest BCUT2D eigenvalue weighted by Gasteiger charge is 2.38. The maximum Gasteiger partial charge on any atom is 0.338 e. The van der Waals surface area contributed by atoms with Crippen molar-refractivity contribution in [1.29, 1.82) is 0 Å². The van der Waals surface area contributed by atoms with Crippen LogP contribution in [0.5, 0.6) is 11.5 Å². The zero-order valence-corrected chi connectivity index (χ0v) is 27.4. The van der Waals surface area contributed by atoms with Gasteiger partial charge in [0.25, 0.3) is 0 Å². The van der Waals surface area contributed by atoms with E-state index >= 15 is 0 Å². The van der Waals surface area contributed by atoms with E-state index in [1.165, 1.54) is 17.8 Å². The van der Waals surface area contributed by atoms with Crippen LogP contribution < -0.4 is 15.4 Å². The average molecular weight is 678 g/mol. The predicted molar refractivity (Wildman–Crippen MR) is 187 cm³/mol. The van der Waals surface area contributed by atoms with Crippen molar-refractivity contribution < 1.29 is 34.0 Å². The van der Waals surface area contributed by atoms with Gasteiger partial charge in [0.1, 0.15) is 16.5 Å². The highest BCUT2D eigenvalue weighted by Crippen LogP contribution is 2.43. The molecule has 2 heterocycles. The van der Waals surface area contributed by atoms with Crippen molar-refractivity contribution in [3.63, 3.8) is 0 Å². The number of nitrogens with one attached hydrogen (secondary N) is 2. The van der Waals surface area contributed by atoms with Crippen molar-refractivity contribution in [3.05, 3.63) is 144 Å². The minimum absolute atomic E-state index is 0.0588. The molecule has 0 radical (unpaired) electrons. The molecule has 1 aliphatic rings. The van der Waals surface area contributed by atoms with Gasteiger partial charge in [-0.25, -0.2) is 14.6 Å². The van der Waals surface area contributed by atoms with Gasteiger partial charge in [-0.1, -0.05) is 61.5 Å². The lowest BCUT2D eigenvalue weighted by Crippen LogP contribution is -2.38. The quantitative estimate of drug-likeness (QED) is 0.102. The molecule has 1 aromatic heterocycles. The van der Waals surface area contributed by atoms with Crippen molar-refractivity contribution in [2.24, 2.45) is 5.92 Å². The largest absolute Gasteiger partial charge is 0.478 e. The van der Waals surface area contributed by atoms with Crippen molar-refractivity contribution in [3.8, 4) is 11.5 Å². The van der Waals surface area contributed by atoms with Gasteiger partial charge in [0, 0.05) is 34.8 Å². The van der Waals surface area contributed by atoms with Crippen LogP contribution in [-0.2, 0) is 16.1 Å². The van der Waals surface area contributed by atoms with E-state index in [0.29, 0.717) is 27.9 Å². The second-order valence-electron chi connectivity index (χ2n) is 11.4. The number of thioether (sulfide) groups is 1. The number of amides is 2. The van der Waals surface area contributed by atoms with Gasteiger partial charge in [0.15, 0.2) is 6.29 Å². The predicted octanol–water partition coefficient (Wildman–Crippen LogP) is 8.29. The van der Waals surface area contributed by atoms with Gasteiger partial charge in [0.2, 0.25) is 0 Å². The van der Waals surface area contributed by atoms with E-state index in [-0.39, 0.29) is 30.3 Å². The third kappa shape index (κ3) is 8.64. The highest BCUT2D eigenvalue weighted by atomic mass is 32.2. The Labute approximate surface area is 288 Å². The monoisotopic (exact) mass is 677 g/mol. The third-order valence-electron chi connectivity index (χ3n) is 8.04. The highest BCUT2D eigenvalue weighted by molar-refractivity contribution is 7.99. The van der Waals surface area contributed by atoms with Crippen LogP contribution in [0.3, 0.4) is 0 Å². The summed E-state index contributed by atoms with van der Waals surface area (Å²) >= 11 is 1.33. The molecule has 0 bridgehead atoms. The zero-order valence-electron chi connectivity index (χ0n) is 26.6. The van der Waals surface area contributed by atoms with Crippen LogP contribution in [0.25, 0.3) is 0 Å². The number of carboxylic acids is 1. The van der Waals surface area contributed by atoms with E-state index in [4.69, 9.17) is 14.2 Å². The lowest BCUT2D eigenvalue weighted by atomic mass is 9.91. The summed E-state index contributed by atoms with van der Waals surface area (Å²) in [6.45, 7) is 1.98. The Bertz CT molecular complexity index is 1860. The molecule has 250 valence electrons. The molecule has 1 aliphatic heterocycles. The van der Waals surface area contributed by atoms with Gasteiger partial charge in [-0.15, -0.1) is 11.8 Å². The average Bonchev–Trinajstić information content (AvgIpc) is 3.13. The number of hydrogen-bond donors (Lipinski definition) is 4. The molecule has 6 rings (SSSR count). The number of nitrogens with zero attached hydrogens (tertiary/aromatic N) is 1. The fourth-order valence-electron chi connectivity index (χ4n) is 5.39. The maximum atomic E-state index is 12.8. The van der Waals surface area contributed by atoms with Crippen molar-refractivity contribution in [2.75, 3.05) is 16.4 Å². The number of aromatic nitrogens is 1. The molecule has 10 nitrogen and oxygen atoms in total. The Morgan fingerprint density at radius 2 is 1.43 bits per heavy atom. The molecule has 11 heteroatoms. The second kappa shape index (κ2) is 15.8. The van der Waals surface area contributed by atoms with E-state index in [1.807, 2.05) is 73.7 Å². The van der Waals surface area contributed by atoms with Gasteiger partial charge >= 0.3 is 12.0 Å². The first kappa shape index (κ1) is 33.7. The van der Waals surface area contributed by atoms with Crippen LogP contribution in [0.2, 0.25) is 0 Å². The summed E-state index contributed by atoms with van der Waals surface area (Å²) in [5, 5.41) is 25.3. The van der Waals surface area contributed by atoms with Crippen molar-refractivity contribution >= 4 is 35.1 Å². The Morgan fingerprint density at radius 3 is 2.08 bits per heavy atom. The van der Waals surface area contributed by atoms with Crippen LogP contribution in [0.4, 0.5) is 16.2 Å². The minimum Gasteiger partial charge on any atom is -0.478 e. The molecule has 0 aliphatic carbocycles. The Kier molecular flexibility index (Phi) is 10.9. The normalized spacial score (nSPS) is 18.7. The number of hydrogen-bond acceptors (Lipinski definition) is 8. The number of carboxylic acid groups (broad SMARTS) is 1. The molecule has 0 unspecified atom stereocenters. The Morgan fingerprint density at radius 1 is 0.796 bits per heavy atom. The summed E-state index contributed by atoms with van der Waals surface area (Å²) in [5.41, 5.74) is 3.81. The number of pyridine rings is 1. The molecule has 1 saturated heterocycles. The van der Waals surface area contributed by atoms with Gasteiger partial charge in [-0.05, 0) is 71.8 Å². The smallest absolute Gasteiger partial charge is 0.338 e. The van der Waals surface area contributed by atoms with Crippen LogP contribution in [0.1, 0.15) is 46.4 Å². The summed E-state index contributed by atoms with van der Waals surface area (Å²) < 4.78 is 18.8. The summed E-state index contributed by atoms with van der Waals surface area (Å²) in [5.74, 6) is 0.696. The number of carbonyl (C=O) groups is 2. The first-order chi connectivity index (χ1) is 23.9.